The van der Waals surface area contributed by atoms with Crippen molar-refractivity contribution >= 4 is 5.78 Å². The number of ketones is 1. The van der Waals surface area contributed by atoms with Crippen LogP contribution in [0.25, 0.3) is 0 Å². The number of Topliss-reactive ketones (excluding diaryl/α,β-unsaturated/α-hetero) is 1. The number of hydrogen-bond acceptors (Lipinski definition) is 5. The zero-order valence-corrected chi connectivity index (χ0v) is 22.0. The number of unbranched alkanes of at least 4 members (excludes halogenated alkanes) is 13. The van der Waals surface area contributed by atoms with Gasteiger partial charge in [-0.25, -0.2) is 0 Å². The highest BCUT2D eigenvalue weighted by Crippen LogP contribution is 2.41. The van der Waals surface area contributed by atoms with Crippen molar-refractivity contribution in [3.8, 4) is 23.0 Å². The van der Waals surface area contributed by atoms with Gasteiger partial charge in [-0.05, 0) is 24.1 Å². The average Bonchev–Trinajstić information content (AvgIpc) is 2.86. The van der Waals surface area contributed by atoms with Gasteiger partial charge in [-0.1, -0.05) is 103 Å². The lowest BCUT2D eigenvalue weighted by Gasteiger charge is -2.26. The molecule has 1 aliphatic rings. The first-order valence-electron chi connectivity index (χ1n) is 14.1. The van der Waals surface area contributed by atoms with Gasteiger partial charge in [-0.2, -0.15) is 0 Å². The maximum Gasteiger partial charge on any atom is 0.174 e. The van der Waals surface area contributed by atoms with Crippen molar-refractivity contribution < 1.29 is 24.5 Å². The average molecular weight is 497 g/mol. The quantitative estimate of drug-likeness (QED) is 0.214. The fourth-order valence-electron chi connectivity index (χ4n) is 4.88. The van der Waals surface area contributed by atoms with Crippen LogP contribution in [0.2, 0.25) is 0 Å². The minimum absolute atomic E-state index is 0.132. The maximum absolute atomic E-state index is 12.5. The van der Waals surface area contributed by atoms with Gasteiger partial charge in [-0.15, -0.1) is 0 Å². The largest absolute Gasteiger partial charge is 0.508 e. The molecule has 0 bridgehead atoms. The number of rotatable bonds is 17. The van der Waals surface area contributed by atoms with E-state index in [2.05, 4.69) is 6.92 Å². The van der Waals surface area contributed by atoms with Crippen molar-refractivity contribution in [2.75, 3.05) is 6.61 Å². The van der Waals surface area contributed by atoms with Crippen LogP contribution < -0.4 is 9.47 Å². The predicted octanol–water partition coefficient (Wildman–Crippen LogP) is 8.66. The van der Waals surface area contributed by atoms with Gasteiger partial charge < -0.3 is 19.7 Å². The third-order valence-corrected chi connectivity index (χ3v) is 7.00. The molecule has 1 aliphatic heterocycles. The number of ether oxygens (including phenoxy) is 2. The van der Waals surface area contributed by atoms with Crippen LogP contribution in [0.15, 0.2) is 36.4 Å². The van der Waals surface area contributed by atoms with Crippen LogP contribution in [-0.4, -0.2) is 22.6 Å². The monoisotopic (exact) mass is 496 g/mol. The normalized spacial score (nSPS) is 14.9. The summed E-state index contributed by atoms with van der Waals surface area (Å²) >= 11 is 0. The van der Waals surface area contributed by atoms with E-state index in [1.807, 2.05) is 24.3 Å². The number of phenols is 2. The summed E-state index contributed by atoms with van der Waals surface area (Å²) in [5, 5.41) is 19.7. The minimum Gasteiger partial charge on any atom is -0.508 e. The van der Waals surface area contributed by atoms with E-state index in [9.17, 15) is 15.0 Å². The van der Waals surface area contributed by atoms with Crippen molar-refractivity contribution in [2.24, 2.45) is 0 Å². The lowest BCUT2D eigenvalue weighted by molar-refractivity contribution is 0.0845. The Balaban J connectivity index is 1.25. The summed E-state index contributed by atoms with van der Waals surface area (Å²) in [7, 11) is 0. The summed E-state index contributed by atoms with van der Waals surface area (Å²) in [5.74, 6) is 0.447. The Morgan fingerprint density at radius 3 is 1.94 bits per heavy atom. The summed E-state index contributed by atoms with van der Waals surface area (Å²) in [6.07, 6.45) is 18.5. The molecule has 0 aromatic heterocycles. The molecule has 0 saturated heterocycles. The second-order valence-electron chi connectivity index (χ2n) is 10.1. The van der Waals surface area contributed by atoms with Crippen molar-refractivity contribution in [1.82, 2.24) is 0 Å². The number of carbonyl (C=O) groups excluding carboxylic acids is 1. The highest BCUT2D eigenvalue weighted by atomic mass is 16.5. The summed E-state index contributed by atoms with van der Waals surface area (Å²) in [5.41, 5.74) is 0.998. The molecule has 1 atom stereocenters. The molecule has 3 rings (SSSR count). The molecule has 0 aliphatic carbocycles. The molecular formula is C31H44O5. The summed E-state index contributed by atoms with van der Waals surface area (Å²) in [6, 6.07) is 10.2. The Morgan fingerprint density at radius 1 is 0.806 bits per heavy atom. The van der Waals surface area contributed by atoms with E-state index in [1.54, 1.807) is 0 Å². The first-order valence-corrected chi connectivity index (χ1v) is 14.1. The summed E-state index contributed by atoms with van der Waals surface area (Å²) in [6.45, 7) is 2.98. The topological polar surface area (TPSA) is 76.0 Å². The van der Waals surface area contributed by atoms with Crippen molar-refractivity contribution in [3.63, 3.8) is 0 Å². The van der Waals surface area contributed by atoms with Gasteiger partial charge in [0.2, 0.25) is 0 Å². The highest BCUT2D eigenvalue weighted by Gasteiger charge is 2.30. The van der Waals surface area contributed by atoms with Crippen molar-refractivity contribution in [1.29, 1.82) is 0 Å². The van der Waals surface area contributed by atoms with Gasteiger partial charge in [0, 0.05) is 12.1 Å². The second-order valence-corrected chi connectivity index (χ2v) is 10.1. The van der Waals surface area contributed by atoms with Crippen LogP contribution in [0.3, 0.4) is 0 Å². The second kappa shape index (κ2) is 15.4. The van der Waals surface area contributed by atoms with Gasteiger partial charge in [0.05, 0.1) is 13.0 Å². The van der Waals surface area contributed by atoms with Crippen molar-refractivity contribution in [3.05, 3.63) is 47.5 Å². The molecule has 5 heteroatoms. The highest BCUT2D eigenvalue weighted by molar-refractivity contribution is 6.02. The van der Waals surface area contributed by atoms with E-state index < -0.39 is 6.10 Å². The molecule has 36 heavy (non-hydrogen) atoms. The molecule has 2 aromatic carbocycles. The Kier molecular flexibility index (Phi) is 12.0. The standard InChI is InChI=1S/C31H44O5/c1-2-3-4-5-6-7-8-9-10-11-12-13-14-15-20-35-26-18-16-24(17-19-26)29-23-28(34)31-27(33)21-25(32)22-30(31)36-29/h16-19,21-22,29,32-33H,2-15,20,23H2,1H3. The fourth-order valence-corrected chi connectivity index (χ4v) is 4.88. The molecule has 198 valence electrons. The SMILES string of the molecule is CCCCCCCCCCCCCCCCOc1ccc(C2CC(=O)c3c(O)cc(O)cc3O2)cc1. The summed E-state index contributed by atoms with van der Waals surface area (Å²) < 4.78 is 11.8. The van der Waals surface area contributed by atoms with Crippen LogP contribution in [0.5, 0.6) is 23.0 Å². The Hall–Kier alpha value is -2.69. The summed E-state index contributed by atoms with van der Waals surface area (Å²) in [4.78, 5) is 12.5. The van der Waals surface area contributed by atoms with Crippen LogP contribution in [0, 0.1) is 0 Å². The number of hydrogen-bond donors (Lipinski definition) is 2. The number of fused-ring (bicyclic) bond motifs is 1. The van der Waals surface area contributed by atoms with E-state index in [-0.39, 0.29) is 35.0 Å². The lowest BCUT2D eigenvalue weighted by atomic mass is 9.95. The molecule has 0 radical (unpaired) electrons. The molecular weight excluding hydrogens is 452 g/mol. The molecule has 1 unspecified atom stereocenters. The third-order valence-electron chi connectivity index (χ3n) is 7.00. The van der Waals surface area contributed by atoms with Gasteiger partial charge in [0.25, 0.3) is 0 Å². The van der Waals surface area contributed by atoms with E-state index >= 15 is 0 Å². The first-order chi connectivity index (χ1) is 17.6. The Bertz CT molecular complexity index is 921. The number of phenolic OH excluding ortho intramolecular Hbond substituents is 2. The molecule has 0 saturated carbocycles. The van der Waals surface area contributed by atoms with Crippen molar-refractivity contribution in [2.45, 2.75) is 109 Å². The molecule has 0 amide bonds. The molecule has 2 aromatic rings. The molecule has 2 N–H and O–H groups in total. The molecule has 1 heterocycles. The minimum atomic E-state index is -0.453. The van der Waals surface area contributed by atoms with Crippen LogP contribution in [-0.2, 0) is 0 Å². The van der Waals surface area contributed by atoms with Crippen LogP contribution in [0.4, 0.5) is 0 Å². The maximum atomic E-state index is 12.5. The Labute approximate surface area is 216 Å². The number of aromatic hydroxyl groups is 2. The fraction of sp³-hybridized carbons (Fsp3) is 0.581. The van der Waals surface area contributed by atoms with E-state index in [4.69, 9.17) is 9.47 Å². The number of carbonyl (C=O) groups is 1. The van der Waals surface area contributed by atoms with Crippen LogP contribution >= 0.6 is 0 Å². The lowest BCUT2D eigenvalue weighted by Crippen LogP contribution is -2.20. The van der Waals surface area contributed by atoms with Gasteiger partial charge in [0.1, 0.15) is 34.7 Å². The first kappa shape index (κ1) is 27.9. The molecule has 0 spiro atoms. The zero-order chi connectivity index (χ0) is 25.6. The van der Waals surface area contributed by atoms with Gasteiger partial charge in [0.15, 0.2) is 5.78 Å². The Morgan fingerprint density at radius 2 is 1.36 bits per heavy atom. The van der Waals surface area contributed by atoms with Crippen LogP contribution in [0.1, 0.15) is 125 Å². The van der Waals surface area contributed by atoms with Gasteiger partial charge >= 0.3 is 0 Å². The predicted molar refractivity (Wildman–Crippen MR) is 144 cm³/mol. The van der Waals surface area contributed by atoms with E-state index in [0.29, 0.717) is 6.61 Å². The smallest absolute Gasteiger partial charge is 0.174 e. The molecule has 5 nitrogen and oxygen atoms in total. The van der Waals surface area contributed by atoms with E-state index in [0.717, 1.165) is 23.8 Å². The third kappa shape index (κ3) is 9.07. The van der Waals surface area contributed by atoms with Gasteiger partial charge in [-0.3, -0.25) is 4.79 Å². The zero-order valence-electron chi connectivity index (χ0n) is 22.0. The number of benzene rings is 2. The van der Waals surface area contributed by atoms with E-state index in [1.165, 1.54) is 89.5 Å². The molecule has 0 fully saturated rings.